The average Bonchev–Trinajstić information content (AvgIpc) is 2.46. The van der Waals surface area contributed by atoms with Crippen LogP contribution in [0, 0.1) is 10.1 Å². The Hall–Kier alpha value is -2.19. The molecule has 116 valence electrons. The Labute approximate surface area is 131 Å². The molecule has 0 bridgehead atoms. The molecule has 0 fully saturated rings. The Morgan fingerprint density at radius 3 is 2.91 bits per heavy atom. The fourth-order valence-corrected chi connectivity index (χ4v) is 3.11. The summed E-state index contributed by atoms with van der Waals surface area (Å²) in [5.74, 6) is -0.510. The van der Waals surface area contributed by atoms with Crippen molar-refractivity contribution in [3.63, 3.8) is 0 Å². The van der Waals surface area contributed by atoms with Crippen molar-refractivity contribution >= 4 is 34.0 Å². The maximum absolute atomic E-state index is 12.2. The van der Waals surface area contributed by atoms with Gasteiger partial charge in [-0.25, -0.2) is 4.79 Å². The molecule has 0 amide bonds. The molecule has 2 N–H and O–H groups in total. The molecule has 1 unspecified atom stereocenters. The van der Waals surface area contributed by atoms with E-state index >= 15 is 0 Å². The van der Waals surface area contributed by atoms with Gasteiger partial charge >= 0.3 is 5.97 Å². The monoisotopic (exact) mass is 321 g/mol. The highest BCUT2D eigenvalue weighted by atomic mass is 32.2. The number of nitrogens with zero attached hydrogens (tertiary/aromatic N) is 2. The maximum Gasteiger partial charge on any atom is 0.341 e. The lowest BCUT2D eigenvalue weighted by Crippen LogP contribution is -2.24. The fraction of sp³-hybridized carbons (Fsp3) is 0.286. The van der Waals surface area contributed by atoms with Crippen molar-refractivity contribution in [2.75, 3.05) is 6.61 Å². The molecular weight excluding hydrogens is 306 g/mol. The van der Waals surface area contributed by atoms with Gasteiger partial charge in [0.05, 0.1) is 22.8 Å². The van der Waals surface area contributed by atoms with Crippen LogP contribution in [0.15, 0.2) is 34.8 Å². The van der Waals surface area contributed by atoms with Crippen molar-refractivity contribution in [1.82, 2.24) is 0 Å². The molecule has 0 spiro atoms. The van der Waals surface area contributed by atoms with E-state index in [0.29, 0.717) is 21.8 Å². The van der Waals surface area contributed by atoms with Crippen LogP contribution in [-0.4, -0.2) is 28.7 Å². The molecule has 0 aromatic heterocycles. The first-order valence-electron chi connectivity index (χ1n) is 6.57. The van der Waals surface area contributed by atoms with Gasteiger partial charge in [0.2, 0.25) is 0 Å². The number of non-ortho nitro benzene ring substituents is 1. The summed E-state index contributed by atoms with van der Waals surface area (Å²) in [5, 5.41) is 10.9. The third-order valence-corrected chi connectivity index (χ3v) is 3.97. The van der Waals surface area contributed by atoms with E-state index in [0.717, 1.165) is 0 Å². The zero-order valence-electron chi connectivity index (χ0n) is 12.1. The second-order valence-corrected chi connectivity index (χ2v) is 5.58. The minimum Gasteiger partial charge on any atom is -0.462 e. The highest BCUT2D eigenvalue weighted by molar-refractivity contribution is 8.09. The van der Waals surface area contributed by atoms with Gasteiger partial charge < -0.3 is 10.5 Å². The van der Waals surface area contributed by atoms with Crippen LogP contribution in [0.2, 0.25) is 0 Å². The van der Waals surface area contributed by atoms with E-state index in [1.807, 2.05) is 0 Å². The van der Waals surface area contributed by atoms with Crippen LogP contribution in [0.4, 0.5) is 5.69 Å². The standard InChI is InChI=1S/C14H15N3O4S/c1-3-21-13(18)11-8(2)16-14(15)22-12(11)9-5-4-6-10(7-9)17(19)20/h4-7,14H,3,15H2,1-2H3. The molecule has 8 heteroatoms. The first-order chi connectivity index (χ1) is 10.4. The van der Waals surface area contributed by atoms with E-state index in [2.05, 4.69) is 4.99 Å². The van der Waals surface area contributed by atoms with Gasteiger partial charge in [0.25, 0.3) is 5.69 Å². The van der Waals surface area contributed by atoms with Gasteiger partial charge in [0.15, 0.2) is 0 Å². The summed E-state index contributed by atoms with van der Waals surface area (Å²) in [6, 6.07) is 6.06. The van der Waals surface area contributed by atoms with Gasteiger partial charge in [-0.3, -0.25) is 15.1 Å². The second-order valence-electron chi connectivity index (χ2n) is 4.45. The molecule has 2 rings (SSSR count). The van der Waals surface area contributed by atoms with Gasteiger partial charge in [-0.15, -0.1) is 0 Å². The van der Waals surface area contributed by atoms with Crippen LogP contribution >= 0.6 is 11.8 Å². The van der Waals surface area contributed by atoms with Crippen LogP contribution in [0.25, 0.3) is 4.91 Å². The highest BCUT2D eigenvalue weighted by Crippen LogP contribution is 2.38. The summed E-state index contributed by atoms with van der Waals surface area (Å²) >= 11 is 1.17. The lowest BCUT2D eigenvalue weighted by molar-refractivity contribution is -0.384. The number of carbonyl (C=O) groups excluding carboxylic acids is 1. The number of hydrogen-bond donors (Lipinski definition) is 1. The lowest BCUT2D eigenvalue weighted by atomic mass is 10.1. The van der Waals surface area contributed by atoms with Crippen LogP contribution in [0.1, 0.15) is 19.4 Å². The van der Waals surface area contributed by atoms with Crippen LogP contribution in [-0.2, 0) is 9.53 Å². The predicted octanol–water partition coefficient (Wildman–Crippen LogP) is 2.32. The minimum atomic E-state index is -0.563. The number of hydrogen-bond acceptors (Lipinski definition) is 7. The molecule has 22 heavy (non-hydrogen) atoms. The largest absolute Gasteiger partial charge is 0.462 e. The average molecular weight is 321 g/mol. The predicted molar refractivity (Wildman–Crippen MR) is 85.3 cm³/mol. The summed E-state index contributed by atoms with van der Waals surface area (Å²) < 4.78 is 5.05. The van der Waals surface area contributed by atoms with Crippen molar-refractivity contribution in [3.8, 4) is 0 Å². The zero-order valence-corrected chi connectivity index (χ0v) is 12.9. The molecule has 1 aliphatic heterocycles. The van der Waals surface area contributed by atoms with E-state index in [4.69, 9.17) is 10.5 Å². The molecule has 0 saturated carbocycles. The molecule has 7 nitrogen and oxygen atoms in total. The van der Waals surface area contributed by atoms with Gasteiger partial charge in [-0.05, 0) is 19.4 Å². The summed E-state index contributed by atoms with van der Waals surface area (Å²) in [5.41, 5.74) is 6.54. The van der Waals surface area contributed by atoms with Crippen molar-refractivity contribution in [1.29, 1.82) is 0 Å². The van der Waals surface area contributed by atoms with Crippen LogP contribution in [0.3, 0.4) is 0 Å². The number of benzene rings is 1. The smallest absolute Gasteiger partial charge is 0.341 e. The van der Waals surface area contributed by atoms with Gasteiger partial charge in [-0.2, -0.15) is 0 Å². The Balaban J connectivity index is 2.57. The van der Waals surface area contributed by atoms with Crippen LogP contribution in [0.5, 0.6) is 0 Å². The van der Waals surface area contributed by atoms with Crippen molar-refractivity contribution in [2.24, 2.45) is 10.7 Å². The second kappa shape index (κ2) is 6.71. The first-order valence-corrected chi connectivity index (χ1v) is 7.45. The molecule has 1 aromatic carbocycles. The summed E-state index contributed by atoms with van der Waals surface area (Å²) in [6.07, 6.45) is 0. The molecular formula is C14H15N3O4S. The van der Waals surface area contributed by atoms with E-state index in [-0.39, 0.29) is 12.3 Å². The summed E-state index contributed by atoms with van der Waals surface area (Å²) in [4.78, 5) is 27.3. The number of nitro benzene ring substituents is 1. The number of nitrogens with two attached hydrogens (primary N) is 1. The Morgan fingerprint density at radius 2 is 2.27 bits per heavy atom. The number of nitro groups is 1. The molecule has 1 heterocycles. The topological polar surface area (TPSA) is 108 Å². The summed E-state index contributed by atoms with van der Waals surface area (Å²) in [7, 11) is 0. The maximum atomic E-state index is 12.2. The third-order valence-electron chi connectivity index (χ3n) is 2.95. The van der Waals surface area contributed by atoms with E-state index in [1.165, 1.54) is 23.9 Å². The van der Waals surface area contributed by atoms with Gasteiger partial charge in [-0.1, -0.05) is 23.9 Å². The number of aliphatic imine (C=N–C) groups is 1. The number of carbonyl (C=O) groups is 1. The number of rotatable bonds is 4. The minimum absolute atomic E-state index is 0.0532. The zero-order chi connectivity index (χ0) is 16.3. The Bertz CT molecular complexity index is 684. The van der Waals surface area contributed by atoms with Gasteiger partial charge in [0, 0.05) is 17.0 Å². The highest BCUT2D eigenvalue weighted by Gasteiger charge is 2.27. The molecule has 1 atom stereocenters. The molecule has 0 radical (unpaired) electrons. The molecule has 1 aliphatic rings. The van der Waals surface area contributed by atoms with E-state index < -0.39 is 16.4 Å². The Kier molecular flexibility index (Phi) is 4.94. The van der Waals surface area contributed by atoms with Crippen molar-refractivity contribution in [3.05, 3.63) is 45.5 Å². The molecule has 0 saturated heterocycles. The quantitative estimate of drug-likeness (QED) is 0.518. The number of thioether (sulfide) groups is 1. The van der Waals surface area contributed by atoms with Crippen LogP contribution < -0.4 is 5.73 Å². The summed E-state index contributed by atoms with van der Waals surface area (Å²) in [6.45, 7) is 3.61. The van der Waals surface area contributed by atoms with Gasteiger partial charge in [0.1, 0.15) is 5.50 Å². The first kappa shape index (κ1) is 16.2. The van der Waals surface area contributed by atoms with E-state index in [9.17, 15) is 14.9 Å². The van der Waals surface area contributed by atoms with Crippen molar-refractivity contribution < 1.29 is 14.5 Å². The normalized spacial score (nSPS) is 18.0. The Morgan fingerprint density at radius 1 is 1.55 bits per heavy atom. The SMILES string of the molecule is CCOC(=O)C1=C(c2cccc([N+](=O)[O-])c2)SC(N)N=C1C. The third kappa shape index (κ3) is 3.34. The molecule has 1 aromatic rings. The number of esters is 1. The molecule has 0 aliphatic carbocycles. The fourth-order valence-electron chi connectivity index (χ4n) is 2.04. The lowest BCUT2D eigenvalue weighted by Gasteiger charge is -2.21. The number of ether oxygens (including phenoxy) is 1. The van der Waals surface area contributed by atoms with E-state index in [1.54, 1.807) is 26.0 Å². The van der Waals surface area contributed by atoms with Crippen molar-refractivity contribution in [2.45, 2.75) is 19.3 Å².